The molecule has 1 N–H and O–H groups in total. The first kappa shape index (κ1) is 10.6. The zero-order valence-electron chi connectivity index (χ0n) is 8.90. The Bertz CT molecular complexity index is 301. The number of anilines is 1. The topological polar surface area (TPSA) is 58.5 Å². The van der Waals surface area contributed by atoms with E-state index in [0.717, 1.165) is 0 Å². The van der Waals surface area contributed by atoms with Gasteiger partial charge < -0.3 is 14.7 Å². The standard InChI is InChI=1S/C9H15N3O2/c1-5-6-7(13)8(14-4)11-9(10-6)12(2)3/h13H,5H2,1-4H3. The van der Waals surface area contributed by atoms with Crippen LogP contribution < -0.4 is 9.64 Å². The molecule has 5 nitrogen and oxygen atoms in total. The maximum atomic E-state index is 9.63. The third-order valence-corrected chi connectivity index (χ3v) is 1.84. The summed E-state index contributed by atoms with van der Waals surface area (Å²) in [6.07, 6.45) is 0.644. The van der Waals surface area contributed by atoms with E-state index < -0.39 is 0 Å². The van der Waals surface area contributed by atoms with E-state index in [2.05, 4.69) is 9.97 Å². The van der Waals surface area contributed by atoms with E-state index in [-0.39, 0.29) is 11.6 Å². The van der Waals surface area contributed by atoms with Crippen molar-refractivity contribution in [1.82, 2.24) is 9.97 Å². The molecule has 0 radical (unpaired) electrons. The van der Waals surface area contributed by atoms with Crippen LogP contribution in [-0.4, -0.2) is 36.3 Å². The van der Waals surface area contributed by atoms with Gasteiger partial charge in [0, 0.05) is 14.1 Å². The van der Waals surface area contributed by atoms with Crippen molar-refractivity contribution >= 4 is 5.95 Å². The number of rotatable bonds is 3. The van der Waals surface area contributed by atoms with Gasteiger partial charge in [-0.2, -0.15) is 4.98 Å². The van der Waals surface area contributed by atoms with Gasteiger partial charge in [-0.25, -0.2) is 4.98 Å². The summed E-state index contributed by atoms with van der Waals surface area (Å²) in [6, 6.07) is 0. The highest BCUT2D eigenvalue weighted by Gasteiger charge is 2.13. The molecule has 0 aliphatic carbocycles. The lowest BCUT2D eigenvalue weighted by Gasteiger charge is -2.13. The highest BCUT2D eigenvalue weighted by Crippen LogP contribution is 2.28. The first-order valence-electron chi connectivity index (χ1n) is 4.41. The molecule has 14 heavy (non-hydrogen) atoms. The number of aryl methyl sites for hydroxylation is 1. The molecule has 0 aromatic carbocycles. The summed E-state index contributed by atoms with van der Waals surface area (Å²) in [6.45, 7) is 1.92. The first-order chi connectivity index (χ1) is 6.60. The molecule has 1 aromatic heterocycles. The van der Waals surface area contributed by atoms with Crippen LogP contribution in [0.2, 0.25) is 0 Å². The molecule has 0 saturated carbocycles. The SMILES string of the molecule is CCc1nc(N(C)C)nc(OC)c1O. The molecule has 1 aromatic rings. The molecule has 78 valence electrons. The van der Waals surface area contributed by atoms with Gasteiger partial charge in [-0.15, -0.1) is 0 Å². The molecule has 0 atom stereocenters. The number of hydrogen-bond acceptors (Lipinski definition) is 5. The quantitative estimate of drug-likeness (QED) is 0.777. The molecule has 5 heteroatoms. The van der Waals surface area contributed by atoms with Gasteiger partial charge >= 0.3 is 0 Å². The van der Waals surface area contributed by atoms with Crippen molar-refractivity contribution in [2.24, 2.45) is 0 Å². The summed E-state index contributed by atoms with van der Waals surface area (Å²) >= 11 is 0. The molecule has 0 bridgehead atoms. The van der Waals surface area contributed by atoms with Crippen LogP contribution in [-0.2, 0) is 6.42 Å². The van der Waals surface area contributed by atoms with Crippen LogP contribution in [0.1, 0.15) is 12.6 Å². The average Bonchev–Trinajstić information content (AvgIpc) is 2.17. The zero-order chi connectivity index (χ0) is 10.7. The molecular formula is C9H15N3O2. The minimum absolute atomic E-state index is 0.0283. The van der Waals surface area contributed by atoms with Gasteiger partial charge in [-0.3, -0.25) is 0 Å². The number of aromatic hydroxyl groups is 1. The lowest BCUT2D eigenvalue weighted by atomic mass is 10.3. The second-order valence-electron chi connectivity index (χ2n) is 3.08. The molecule has 0 spiro atoms. The van der Waals surface area contributed by atoms with Crippen molar-refractivity contribution in [2.75, 3.05) is 26.1 Å². The van der Waals surface area contributed by atoms with E-state index in [1.165, 1.54) is 7.11 Å². The Labute approximate surface area is 83.4 Å². The smallest absolute Gasteiger partial charge is 0.261 e. The maximum absolute atomic E-state index is 9.63. The first-order valence-corrected chi connectivity index (χ1v) is 4.41. The van der Waals surface area contributed by atoms with Crippen LogP contribution in [0.25, 0.3) is 0 Å². The van der Waals surface area contributed by atoms with Crippen molar-refractivity contribution < 1.29 is 9.84 Å². The molecule has 0 unspecified atom stereocenters. The summed E-state index contributed by atoms with van der Waals surface area (Å²) in [4.78, 5) is 9.99. The van der Waals surface area contributed by atoms with Crippen molar-refractivity contribution in [3.8, 4) is 11.6 Å². The van der Waals surface area contributed by atoms with Crippen LogP contribution in [0.15, 0.2) is 0 Å². The number of aromatic nitrogens is 2. The predicted molar refractivity (Wildman–Crippen MR) is 54.0 cm³/mol. The normalized spacial score (nSPS) is 10.0. The highest BCUT2D eigenvalue weighted by molar-refractivity contribution is 5.43. The fourth-order valence-electron chi connectivity index (χ4n) is 1.05. The average molecular weight is 197 g/mol. The Hall–Kier alpha value is -1.52. The lowest BCUT2D eigenvalue weighted by molar-refractivity contribution is 0.353. The summed E-state index contributed by atoms with van der Waals surface area (Å²) < 4.78 is 4.95. The Kier molecular flexibility index (Phi) is 3.11. The molecule has 0 amide bonds. The van der Waals surface area contributed by atoms with Crippen molar-refractivity contribution in [3.63, 3.8) is 0 Å². The Morgan fingerprint density at radius 2 is 2.00 bits per heavy atom. The van der Waals surface area contributed by atoms with Crippen molar-refractivity contribution in [3.05, 3.63) is 5.69 Å². The van der Waals surface area contributed by atoms with Gasteiger partial charge in [0.2, 0.25) is 11.7 Å². The van der Waals surface area contributed by atoms with E-state index in [1.54, 1.807) is 4.90 Å². The van der Waals surface area contributed by atoms with Gasteiger partial charge in [0.05, 0.1) is 12.8 Å². The molecule has 0 saturated heterocycles. The molecule has 1 rings (SSSR count). The largest absolute Gasteiger partial charge is 0.502 e. The van der Waals surface area contributed by atoms with Gasteiger partial charge in [0.1, 0.15) is 0 Å². The Balaban J connectivity index is 3.25. The van der Waals surface area contributed by atoms with Gasteiger partial charge in [0.25, 0.3) is 5.88 Å². The summed E-state index contributed by atoms with van der Waals surface area (Å²) in [7, 11) is 5.15. The molecule has 0 fully saturated rings. The predicted octanol–water partition coefficient (Wildman–Crippen LogP) is 0.819. The van der Waals surface area contributed by atoms with Crippen LogP contribution in [0.3, 0.4) is 0 Å². The number of ether oxygens (including phenoxy) is 1. The van der Waals surface area contributed by atoms with Crippen LogP contribution >= 0.6 is 0 Å². The highest BCUT2D eigenvalue weighted by atomic mass is 16.5. The fraction of sp³-hybridized carbons (Fsp3) is 0.556. The van der Waals surface area contributed by atoms with E-state index in [0.29, 0.717) is 18.1 Å². The van der Waals surface area contributed by atoms with E-state index in [9.17, 15) is 5.11 Å². The second kappa shape index (κ2) is 4.13. The minimum Gasteiger partial charge on any atom is -0.502 e. The summed E-state index contributed by atoms with van der Waals surface area (Å²) in [5, 5.41) is 9.63. The van der Waals surface area contributed by atoms with E-state index in [1.807, 2.05) is 21.0 Å². The molecular weight excluding hydrogens is 182 g/mol. The number of methoxy groups -OCH3 is 1. The summed E-state index contributed by atoms with van der Waals surface area (Å²) in [5.41, 5.74) is 0.598. The van der Waals surface area contributed by atoms with Gasteiger partial charge in [-0.05, 0) is 6.42 Å². The van der Waals surface area contributed by atoms with Crippen molar-refractivity contribution in [2.45, 2.75) is 13.3 Å². The van der Waals surface area contributed by atoms with Crippen LogP contribution in [0.4, 0.5) is 5.95 Å². The molecule has 0 aliphatic heterocycles. The van der Waals surface area contributed by atoms with E-state index >= 15 is 0 Å². The monoisotopic (exact) mass is 197 g/mol. The third kappa shape index (κ3) is 1.86. The fourth-order valence-corrected chi connectivity index (χ4v) is 1.05. The summed E-state index contributed by atoms with van der Waals surface area (Å²) in [5.74, 6) is 0.789. The zero-order valence-corrected chi connectivity index (χ0v) is 8.90. The lowest BCUT2D eigenvalue weighted by Crippen LogP contribution is -2.14. The third-order valence-electron chi connectivity index (χ3n) is 1.84. The number of nitrogens with zero attached hydrogens (tertiary/aromatic N) is 3. The van der Waals surface area contributed by atoms with Gasteiger partial charge in [0.15, 0.2) is 0 Å². The molecule has 1 heterocycles. The van der Waals surface area contributed by atoms with Gasteiger partial charge in [-0.1, -0.05) is 6.92 Å². The Morgan fingerprint density at radius 1 is 1.36 bits per heavy atom. The number of hydrogen-bond donors (Lipinski definition) is 1. The van der Waals surface area contributed by atoms with Crippen LogP contribution in [0, 0.1) is 0 Å². The second-order valence-corrected chi connectivity index (χ2v) is 3.08. The Morgan fingerprint density at radius 3 is 2.43 bits per heavy atom. The van der Waals surface area contributed by atoms with Crippen molar-refractivity contribution in [1.29, 1.82) is 0 Å². The molecule has 0 aliphatic rings. The van der Waals surface area contributed by atoms with E-state index in [4.69, 9.17) is 4.74 Å². The minimum atomic E-state index is 0.0283. The van der Waals surface area contributed by atoms with Crippen LogP contribution in [0.5, 0.6) is 11.6 Å². The maximum Gasteiger partial charge on any atom is 0.261 e.